The lowest BCUT2D eigenvalue weighted by Gasteiger charge is -2.10. The molecule has 0 amide bonds. The van der Waals surface area contributed by atoms with E-state index in [2.05, 4.69) is 12.6 Å². The Morgan fingerprint density at radius 3 is 2.47 bits per heavy atom. The molecule has 4 heteroatoms. The van der Waals surface area contributed by atoms with E-state index >= 15 is 0 Å². The van der Waals surface area contributed by atoms with E-state index in [-0.39, 0.29) is 0 Å². The summed E-state index contributed by atoms with van der Waals surface area (Å²) in [6.07, 6.45) is 0. The minimum absolute atomic E-state index is 0.831. The van der Waals surface area contributed by atoms with Crippen LogP contribution in [0.15, 0.2) is 35.7 Å². The number of nitrogens with zero attached hydrogens (tertiary/aromatic N) is 1. The number of thioether (sulfide) groups is 1. The van der Waals surface area contributed by atoms with E-state index in [4.69, 9.17) is 12.2 Å². The van der Waals surface area contributed by atoms with Crippen molar-refractivity contribution in [3.63, 3.8) is 0 Å². The first-order valence-electron chi connectivity index (χ1n) is 4.43. The van der Waals surface area contributed by atoms with Crippen LogP contribution in [-0.4, -0.2) is 23.3 Å². The summed E-state index contributed by atoms with van der Waals surface area (Å²) in [6.45, 7) is 0. The van der Waals surface area contributed by atoms with Gasteiger partial charge in [0.25, 0.3) is 0 Å². The molecule has 0 bridgehead atoms. The molecule has 0 aliphatic rings. The Hall–Kier alpha value is -0.450. The predicted molar refractivity (Wildman–Crippen MR) is 77.3 cm³/mol. The minimum Gasteiger partial charge on any atom is -0.363 e. The summed E-state index contributed by atoms with van der Waals surface area (Å²) in [7, 11) is 3.87. The Morgan fingerprint density at radius 2 is 1.93 bits per heavy atom. The molecule has 0 fully saturated rings. The first kappa shape index (κ1) is 12.6. The summed E-state index contributed by atoms with van der Waals surface area (Å²) in [6, 6.07) is 10.0. The van der Waals surface area contributed by atoms with E-state index in [1.807, 2.05) is 54.7 Å². The van der Waals surface area contributed by atoms with Gasteiger partial charge in [-0.15, -0.1) is 12.6 Å². The highest BCUT2D eigenvalue weighted by Crippen LogP contribution is 2.22. The zero-order chi connectivity index (χ0) is 11.3. The van der Waals surface area contributed by atoms with E-state index in [1.165, 1.54) is 11.8 Å². The topological polar surface area (TPSA) is 3.24 Å². The fourth-order valence-electron chi connectivity index (χ4n) is 0.889. The van der Waals surface area contributed by atoms with Crippen LogP contribution in [-0.2, 0) is 0 Å². The molecular weight excluding hydrogens is 242 g/mol. The second-order valence-corrected chi connectivity index (χ2v) is 5.13. The summed E-state index contributed by atoms with van der Waals surface area (Å²) in [5.41, 5.74) is 1.11. The van der Waals surface area contributed by atoms with Crippen LogP contribution in [0.4, 0.5) is 0 Å². The van der Waals surface area contributed by atoms with Crippen molar-refractivity contribution in [1.82, 2.24) is 4.90 Å². The number of rotatable bonds is 2. The molecule has 80 valence electrons. The highest BCUT2D eigenvalue weighted by molar-refractivity contribution is 8.25. The average Bonchev–Trinajstić information content (AvgIpc) is 2.26. The Labute approximate surface area is 106 Å². The largest absolute Gasteiger partial charge is 0.363 e. The van der Waals surface area contributed by atoms with Gasteiger partial charge in [0.05, 0.1) is 0 Å². The van der Waals surface area contributed by atoms with Crippen molar-refractivity contribution in [2.24, 2.45) is 0 Å². The van der Waals surface area contributed by atoms with E-state index in [0.717, 1.165) is 14.8 Å². The Bertz CT molecular complexity index is 357. The third-order valence-corrected chi connectivity index (χ3v) is 3.84. The number of hydrogen-bond donors (Lipinski definition) is 1. The van der Waals surface area contributed by atoms with Crippen LogP contribution >= 0.6 is 36.6 Å². The number of hydrogen-bond acceptors (Lipinski definition) is 3. The smallest absolute Gasteiger partial charge is 0.140 e. The summed E-state index contributed by atoms with van der Waals surface area (Å²) in [4.78, 5) is 2.84. The van der Waals surface area contributed by atoms with Crippen LogP contribution in [0, 0.1) is 0 Å². The number of thiol groups is 1. The molecule has 1 nitrogen and oxygen atoms in total. The van der Waals surface area contributed by atoms with Gasteiger partial charge in [0.2, 0.25) is 0 Å². The van der Waals surface area contributed by atoms with Crippen LogP contribution < -0.4 is 0 Å². The lowest BCUT2D eigenvalue weighted by Crippen LogP contribution is -2.15. The molecule has 0 atom stereocenters. The highest BCUT2D eigenvalue weighted by Gasteiger charge is 1.99. The lowest BCUT2D eigenvalue weighted by atomic mass is 10.2. The molecule has 0 aliphatic heterocycles. The molecule has 0 spiro atoms. The maximum Gasteiger partial charge on any atom is 0.140 e. The SMILES string of the molecule is CN(C)C(=S)S/C=C(\S)c1ccccc1. The molecule has 0 aromatic heterocycles. The molecule has 0 N–H and O–H groups in total. The van der Waals surface area contributed by atoms with Crippen molar-refractivity contribution in [2.45, 2.75) is 0 Å². The van der Waals surface area contributed by atoms with Gasteiger partial charge in [-0.05, 0) is 11.0 Å². The van der Waals surface area contributed by atoms with Crippen molar-refractivity contribution < 1.29 is 0 Å². The molecule has 0 heterocycles. The monoisotopic (exact) mass is 255 g/mol. The van der Waals surface area contributed by atoms with E-state index in [9.17, 15) is 0 Å². The maximum atomic E-state index is 5.16. The molecule has 0 saturated carbocycles. The zero-order valence-corrected chi connectivity index (χ0v) is 11.2. The van der Waals surface area contributed by atoms with Crippen LogP contribution in [0.1, 0.15) is 5.56 Å². The predicted octanol–water partition coefficient (Wildman–Crippen LogP) is 3.49. The molecular formula is C11H13NS3. The van der Waals surface area contributed by atoms with Crippen LogP contribution in [0.25, 0.3) is 4.91 Å². The van der Waals surface area contributed by atoms with Gasteiger partial charge in [-0.1, -0.05) is 54.3 Å². The molecule has 0 unspecified atom stereocenters. The molecule has 0 saturated heterocycles. The minimum atomic E-state index is 0.831. The Morgan fingerprint density at radius 1 is 1.33 bits per heavy atom. The molecule has 15 heavy (non-hydrogen) atoms. The van der Waals surface area contributed by atoms with Gasteiger partial charge in [0.15, 0.2) is 0 Å². The number of benzene rings is 1. The van der Waals surface area contributed by atoms with E-state index < -0.39 is 0 Å². The zero-order valence-electron chi connectivity index (χ0n) is 8.68. The second-order valence-electron chi connectivity index (χ2n) is 3.15. The fraction of sp³-hybridized carbons (Fsp3) is 0.182. The summed E-state index contributed by atoms with van der Waals surface area (Å²) >= 11 is 11.1. The standard InChI is InChI=1S/C11H13NS3/c1-12(2)11(14)15-8-10(13)9-6-4-3-5-7-9/h3-8,13H,1-2H3/b10-8-. The molecule has 0 aliphatic carbocycles. The van der Waals surface area contributed by atoms with Crippen molar-refractivity contribution in [1.29, 1.82) is 0 Å². The van der Waals surface area contributed by atoms with Crippen molar-refractivity contribution in [2.75, 3.05) is 14.1 Å². The summed E-state index contributed by atoms with van der Waals surface area (Å²) < 4.78 is 0.831. The molecule has 1 aromatic carbocycles. The van der Waals surface area contributed by atoms with Gasteiger partial charge >= 0.3 is 0 Å². The van der Waals surface area contributed by atoms with Gasteiger partial charge < -0.3 is 4.90 Å². The fourth-order valence-corrected chi connectivity index (χ4v) is 1.90. The highest BCUT2D eigenvalue weighted by atomic mass is 32.2. The lowest BCUT2D eigenvalue weighted by molar-refractivity contribution is 0.648. The maximum absolute atomic E-state index is 5.16. The average molecular weight is 255 g/mol. The Balaban J connectivity index is 2.65. The second kappa shape index (κ2) is 6.20. The van der Waals surface area contributed by atoms with Gasteiger partial charge in [-0.25, -0.2) is 0 Å². The third-order valence-electron chi connectivity index (χ3n) is 1.71. The van der Waals surface area contributed by atoms with Gasteiger partial charge in [-0.3, -0.25) is 0 Å². The van der Waals surface area contributed by atoms with Crippen LogP contribution in [0.5, 0.6) is 0 Å². The summed E-state index contributed by atoms with van der Waals surface area (Å²) in [5.74, 6) is 0. The molecule has 0 radical (unpaired) electrons. The van der Waals surface area contributed by atoms with Crippen LogP contribution in [0.2, 0.25) is 0 Å². The van der Waals surface area contributed by atoms with Gasteiger partial charge in [-0.2, -0.15) is 0 Å². The van der Waals surface area contributed by atoms with E-state index in [1.54, 1.807) is 0 Å². The molecule has 1 aromatic rings. The Kier molecular flexibility index (Phi) is 5.22. The summed E-state index contributed by atoms with van der Waals surface area (Å²) in [5, 5.41) is 1.96. The van der Waals surface area contributed by atoms with Crippen molar-refractivity contribution in [3.8, 4) is 0 Å². The normalized spacial score (nSPS) is 11.3. The van der Waals surface area contributed by atoms with Gasteiger partial charge in [0, 0.05) is 19.0 Å². The van der Waals surface area contributed by atoms with Crippen LogP contribution in [0.3, 0.4) is 0 Å². The first-order chi connectivity index (χ1) is 7.11. The van der Waals surface area contributed by atoms with E-state index in [0.29, 0.717) is 0 Å². The quantitative estimate of drug-likeness (QED) is 0.637. The molecule has 1 rings (SSSR count). The number of thiocarbonyl (C=S) groups is 1. The van der Waals surface area contributed by atoms with Crippen molar-refractivity contribution >= 4 is 45.8 Å². The third kappa shape index (κ3) is 4.28. The first-order valence-corrected chi connectivity index (χ1v) is 6.17. The van der Waals surface area contributed by atoms with Crippen molar-refractivity contribution in [3.05, 3.63) is 41.3 Å². The van der Waals surface area contributed by atoms with Gasteiger partial charge in [0.1, 0.15) is 4.32 Å².